The van der Waals surface area contributed by atoms with E-state index in [2.05, 4.69) is 45.9 Å². The normalized spacial score (nSPS) is 15.7. The lowest BCUT2D eigenvalue weighted by Gasteiger charge is -2.34. The molecule has 0 amide bonds. The van der Waals surface area contributed by atoms with Crippen LogP contribution in [0.1, 0.15) is 28.1 Å². The lowest BCUT2D eigenvalue weighted by Crippen LogP contribution is -2.45. The van der Waals surface area contributed by atoms with Crippen molar-refractivity contribution >= 4 is 0 Å². The van der Waals surface area contributed by atoms with Gasteiger partial charge in [0.25, 0.3) is 0 Å². The van der Waals surface area contributed by atoms with Crippen molar-refractivity contribution in [3.8, 4) is 17.1 Å². The molecule has 3 aromatic rings. The summed E-state index contributed by atoms with van der Waals surface area (Å²) >= 11 is 0. The Morgan fingerprint density at radius 2 is 1.55 bits per heavy atom. The van der Waals surface area contributed by atoms with Gasteiger partial charge < -0.3 is 9.63 Å². The van der Waals surface area contributed by atoms with Crippen molar-refractivity contribution in [2.24, 2.45) is 0 Å². The summed E-state index contributed by atoms with van der Waals surface area (Å²) in [5.74, 6) is 1.70. The van der Waals surface area contributed by atoms with E-state index in [0.717, 1.165) is 55.0 Å². The van der Waals surface area contributed by atoms with Gasteiger partial charge in [0, 0.05) is 43.9 Å². The van der Waals surface area contributed by atoms with Crippen LogP contribution < -0.4 is 0 Å². The fraction of sp³-hybridized carbons (Fsp3) is 0.391. The third-order valence-corrected chi connectivity index (χ3v) is 5.77. The predicted octanol–water partition coefficient (Wildman–Crippen LogP) is 3.69. The van der Waals surface area contributed by atoms with Crippen molar-refractivity contribution in [2.45, 2.75) is 33.9 Å². The number of piperazine rings is 1. The number of aryl methyl sites for hydroxylation is 3. The Kier molecular flexibility index (Phi) is 5.65. The summed E-state index contributed by atoms with van der Waals surface area (Å²) in [7, 11) is 0. The van der Waals surface area contributed by atoms with E-state index in [0.29, 0.717) is 24.0 Å². The summed E-state index contributed by atoms with van der Waals surface area (Å²) in [5, 5.41) is 14.4. The molecular formula is C23H28N4O2. The van der Waals surface area contributed by atoms with Crippen molar-refractivity contribution in [1.29, 1.82) is 0 Å². The highest BCUT2D eigenvalue weighted by Gasteiger charge is 2.21. The van der Waals surface area contributed by atoms with Gasteiger partial charge in [-0.3, -0.25) is 9.80 Å². The van der Waals surface area contributed by atoms with Gasteiger partial charge in [-0.1, -0.05) is 35.5 Å². The fourth-order valence-electron chi connectivity index (χ4n) is 3.78. The Hall–Kier alpha value is -2.70. The molecule has 0 radical (unpaired) electrons. The van der Waals surface area contributed by atoms with Crippen LogP contribution in [0.3, 0.4) is 0 Å². The molecule has 1 fully saturated rings. The van der Waals surface area contributed by atoms with Crippen LogP contribution in [0.2, 0.25) is 0 Å². The van der Waals surface area contributed by atoms with E-state index in [1.165, 1.54) is 5.56 Å². The minimum absolute atomic E-state index is 0.394. The highest BCUT2D eigenvalue weighted by atomic mass is 16.5. The van der Waals surface area contributed by atoms with Crippen LogP contribution in [0.5, 0.6) is 5.75 Å². The van der Waals surface area contributed by atoms with E-state index in [-0.39, 0.29) is 0 Å². The Morgan fingerprint density at radius 3 is 2.28 bits per heavy atom. The lowest BCUT2D eigenvalue weighted by molar-refractivity contribution is 0.111. The molecule has 0 spiro atoms. The van der Waals surface area contributed by atoms with E-state index in [1.54, 1.807) is 0 Å². The first-order valence-electron chi connectivity index (χ1n) is 10.1. The molecule has 6 nitrogen and oxygen atoms in total. The van der Waals surface area contributed by atoms with Crippen LogP contribution in [0, 0.1) is 20.8 Å². The van der Waals surface area contributed by atoms with Crippen LogP contribution in [-0.2, 0) is 13.1 Å². The van der Waals surface area contributed by atoms with Crippen molar-refractivity contribution in [1.82, 2.24) is 19.9 Å². The van der Waals surface area contributed by atoms with Gasteiger partial charge in [-0.2, -0.15) is 4.98 Å². The molecule has 1 aromatic heterocycles. The summed E-state index contributed by atoms with van der Waals surface area (Å²) in [4.78, 5) is 9.31. The number of hydrogen-bond acceptors (Lipinski definition) is 6. The first-order chi connectivity index (χ1) is 14.0. The summed E-state index contributed by atoms with van der Waals surface area (Å²) in [5.41, 5.74) is 5.50. The minimum atomic E-state index is 0.394. The zero-order valence-electron chi connectivity index (χ0n) is 17.4. The van der Waals surface area contributed by atoms with Gasteiger partial charge in [0.05, 0.1) is 6.54 Å². The first-order valence-corrected chi connectivity index (χ1v) is 10.1. The monoisotopic (exact) mass is 392 g/mol. The topological polar surface area (TPSA) is 65.6 Å². The molecule has 0 aliphatic carbocycles. The van der Waals surface area contributed by atoms with E-state index >= 15 is 0 Å². The Labute approximate surface area is 171 Å². The van der Waals surface area contributed by atoms with Crippen molar-refractivity contribution in [3.63, 3.8) is 0 Å². The third kappa shape index (κ3) is 4.49. The Bertz CT molecular complexity index is 990. The van der Waals surface area contributed by atoms with Crippen LogP contribution in [0.15, 0.2) is 40.9 Å². The van der Waals surface area contributed by atoms with E-state index < -0.39 is 0 Å². The molecule has 0 bridgehead atoms. The van der Waals surface area contributed by atoms with Crippen LogP contribution in [0.4, 0.5) is 0 Å². The molecule has 0 unspecified atom stereocenters. The number of aromatic nitrogens is 2. The van der Waals surface area contributed by atoms with Crippen LogP contribution in [0.25, 0.3) is 11.4 Å². The maximum absolute atomic E-state index is 10.2. The zero-order valence-corrected chi connectivity index (χ0v) is 17.4. The van der Waals surface area contributed by atoms with Gasteiger partial charge in [-0.15, -0.1) is 0 Å². The number of hydrogen-bond donors (Lipinski definition) is 1. The summed E-state index contributed by atoms with van der Waals surface area (Å²) in [6.45, 7) is 11.4. The van der Waals surface area contributed by atoms with E-state index in [1.807, 2.05) is 31.2 Å². The molecule has 2 heterocycles. The fourth-order valence-corrected chi connectivity index (χ4v) is 3.78. The van der Waals surface area contributed by atoms with Crippen molar-refractivity contribution in [3.05, 3.63) is 64.5 Å². The van der Waals surface area contributed by atoms with Gasteiger partial charge in [0.1, 0.15) is 5.75 Å². The summed E-state index contributed by atoms with van der Waals surface area (Å²) < 4.78 is 5.49. The Balaban J connectivity index is 1.33. The number of aromatic hydroxyl groups is 1. The van der Waals surface area contributed by atoms with Gasteiger partial charge in [-0.05, 0) is 43.5 Å². The molecule has 29 heavy (non-hydrogen) atoms. The molecule has 6 heteroatoms. The number of rotatable bonds is 5. The highest BCUT2D eigenvalue weighted by Crippen LogP contribution is 2.24. The molecule has 1 saturated heterocycles. The molecule has 1 aliphatic heterocycles. The molecule has 1 aliphatic rings. The average molecular weight is 393 g/mol. The first kappa shape index (κ1) is 19.6. The standard InChI is InChI=1S/C23H28N4O2/c1-16-6-4-5-7-20(16)23-24-22(29-25-23)15-27-10-8-26(9-11-27)14-19-12-17(2)18(3)13-21(19)28/h4-7,12-13,28H,8-11,14-15H2,1-3H3. The second-order valence-electron chi connectivity index (χ2n) is 7.94. The van der Waals surface area contributed by atoms with Crippen molar-refractivity contribution in [2.75, 3.05) is 26.2 Å². The SMILES string of the molecule is Cc1cc(O)c(CN2CCN(Cc3nc(-c4ccccc4C)no3)CC2)cc1C. The molecular weight excluding hydrogens is 364 g/mol. The zero-order chi connectivity index (χ0) is 20.4. The highest BCUT2D eigenvalue weighted by molar-refractivity contribution is 5.58. The maximum atomic E-state index is 10.2. The smallest absolute Gasteiger partial charge is 0.241 e. The third-order valence-electron chi connectivity index (χ3n) is 5.77. The van der Waals surface area contributed by atoms with Gasteiger partial charge >= 0.3 is 0 Å². The molecule has 152 valence electrons. The second-order valence-corrected chi connectivity index (χ2v) is 7.94. The van der Waals surface area contributed by atoms with Gasteiger partial charge in [-0.25, -0.2) is 0 Å². The summed E-state index contributed by atoms with van der Waals surface area (Å²) in [6, 6.07) is 12.0. The van der Waals surface area contributed by atoms with Crippen LogP contribution >= 0.6 is 0 Å². The number of phenolic OH excluding ortho intramolecular Hbond substituents is 1. The quantitative estimate of drug-likeness (QED) is 0.714. The second kappa shape index (κ2) is 8.35. The minimum Gasteiger partial charge on any atom is -0.508 e. The van der Waals surface area contributed by atoms with Crippen LogP contribution in [-0.4, -0.2) is 51.2 Å². The van der Waals surface area contributed by atoms with Gasteiger partial charge in [0.15, 0.2) is 0 Å². The van der Waals surface area contributed by atoms with Crippen molar-refractivity contribution < 1.29 is 9.63 Å². The maximum Gasteiger partial charge on any atom is 0.241 e. The van der Waals surface area contributed by atoms with E-state index in [4.69, 9.17) is 4.52 Å². The largest absolute Gasteiger partial charge is 0.508 e. The lowest BCUT2D eigenvalue weighted by atomic mass is 10.0. The number of phenols is 1. The molecule has 1 N–H and O–H groups in total. The van der Waals surface area contributed by atoms with Gasteiger partial charge in [0.2, 0.25) is 11.7 Å². The number of nitrogens with zero attached hydrogens (tertiary/aromatic N) is 4. The number of benzene rings is 2. The molecule has 0 saturated carbocycles. The molecule has 4 rings (SSSR count). The average Bonchev–Trinajstić information content (AvgIpc) is 3.16. The molecule has 2 aromatic carbocycles. The predicted molar refractivity (Wildman–Crippen MR) is 113 cm³/mol. The molecule has 0 atom stereocenters. The Morgan fingerprint density at radius 1 is 0.897 bits per heavy atom. The van der Waals surface area contributed by atoms with E-state index in [9.17, 15) is 5.11 Å². The summed E-state index contributed by atoms with van der Waals surface area (Å²) in [6.07, 6.45) is 0.